The molecule has 3 rings (SSSR count). The fourth-order valence-corrected chi connectivity index (χ4v) is 3.47. The molecule has 1 aromatic heterocycles. The van der Waals surface area contributed by atoms with Crippen LogP contribution >= 0.6 is 0 Å². The van der Waals surface area contributed by atoms with Gasteiger partial charge in [-0.25, -0.2) is 0 Å². The Balaban J connectivity index is 1.58. The van der Waals surface area contributed by atoms with Gasteiger partial charge >= 0.3 is 0 Å². The van der Waals surface area contributed by atoms with Gasteiger partial charge in [0, 0.05) is 37.8 Å². The van der Waals surface area contributed by atoms with Crippen LogP contribution in [0, 0.1) is 0 Å². The molecule has 2 fully saturated rings. The van der Waals surface area contributed by atoms with Gasteiger partial charge < -0.3 is 10.2 Å². The lowest BCUT2D eigenvalue weighted by Gasteiger charge is -2.24. The summed E-state index contributed by atoms with van der Waals surface area (Å²) in [7, 11) is 1.93. The first-order valence-electron chi connectivity index (χ1n) is 7.75. The number of nitrogens with one attached hydrogen (secondary N) is 1. The zero-order valence-corrected chi connectivity index (χ0v) is 12.2. The maximum absolute atomic E-state index is 12.5. The van der Waals surface area contributed by atoms with Gasteiger partial charge in [-0.2, -0.15) is 5.10 Å². The average molecular weight is 276 g/mol. The molecule has 2 aliphatic rings. The molecule has 0 saturated carbocycles. The highest BCUT2D eigenvalue weighted by molar-refractivity contribution is 5.77. The highest BCUT2D eigenvalue weighted by Gasteiger charge is 2.30. The monoisotopic (exact) mass is 276 g/mol. The summed E-state index contributed by atoms with van der Waals surface area (Å²) >= 11 is 0. The third-order valence-electron chi connectivity index (χ3n) is 4.55. The van der Waals surface area contributed by atoms with Crippen molar-refractivity contribution >= 4 is 5.91 Å². The molecule has 0 radical (unpaired) electrons. The van der Waals surface area contributed by atoms with Gasteiger partial charge in [0.15, 0.2) is 0 Å². The summed E-state index contributed by atoms with van der Waals surface area (Å²) in [4.78, 5) is 14.5. The van der Waals surface area contributed by atoms with Gasteiger partial charge in [-0.05, 0) is 38.6 Å². The van der Waals surface area contributed by atoms with Crippen LogP contribution in [0.3, 0.4) is 0 Å². The number of likely N-dealkylation sites (tertiary alicyclic amines) is 1. The van der Waals surface area contributed by atoms with Crippen molar-refractivity contribution in [2.75, 3.05) is 13.1 Å². The highest BCUT2D eigenvalue weighted by atomic mass is 16.2. The molecular formula is C15H24N4O. The third kappa shape index (κ3) is 2.87. The molecule has 2 aliphatic heterocycles. The number of aryl methyl sites for hydroxylation is 1. The van der Waals surface area contributed by atoms with E-state index in [4.69, 9.17) is 0 Å². The molecule has 20 heavy (non-hydrogen) atoms. The van der Waals surface area contributed by atoms with Gasteiger partial charge in [-0.1, -0.05) is 0 Å². The smallest absolute Gasteiger partial charge is 0.223 e. The fraction of sp³-hybridized carbons (Fsp3) is 0.733. The SMILES string of the molecule is Cn1cc(C2CCCN2C(=O)CCC2CCCN2)cn1. The van der Waals surface area contributed by atoms with Crippen molar-refractivity contribution in [2.24, 2.45) is 7.05 Å². The van der Waals surface area contributed by atoms with Crippen molar-refractivity contribution in [2.45, 2.75) is 50.6 Å². The summed E-state index contributed by atoms with van der Waals surface area (Å²) in [5.41, 5.74) is 1.18. The van der Waals surface area contributed by atoms with Gasteiger partial charge in [-0.15, -0.1) is 0 Å². The molecule has 0 bridgehead atoms. The second kappa shape index (κ2) is 5.95. The van der Waals surface area contributed by atoms with Gasteiger partial charge in [-0.3, -0.25) is 9.48 Å². The first kappa shape index (κ1) is 13.6. The molecule has 5 heteroatoms. The Morgan fingerprint density at radius 1 is 1.45 bits per heavy atom. The van der Waals surface area contributed by atoms with Crippen LogP contribution in [-0.4, -0.2) is 39.7 Å². The molecule has 0 spiro atoms. The number of rotatable bonds is 4. The Hall–Kier alpha value is -1.36. The van der Waals surface area contributed by atoms with Gasteiger partial charge in [0.2, 0.25) is 5.91 Å². The summed E-state index contributed by atoms with van der Waals surface area (Å²) in [6.45, 7) is 2.01. The Morgan fingerprint density at radius 3 is 3.05 bits per heavy atom. The standard InChI is InChI=1S/C15H24N4O/c1-18-11-12(10-17-18)14-5-3-9-19(14)15(20)7-6-13-4-2-8-16-13/h10-11,13-14,16H,2-9H2,1H3. The van der Waals surface area contributed by atoms with Crippen molar-refractivity contribution < 1.29 is 4.79 Å². The summed E-state index contributed by atoms with van der Waals surface area (Å²) in [5.74, 6) is 0.310. The van der Waals surface area contributed by atoms with Crippen LogP contribution in [0.1, 0.15) is 50.1 Å². The van der Waals surface area contributed by atoms with Crippen molar-refractivity contribution in [3.63, 3.8) is 0 Å². The zero-order valence-electron chi connectivity index (χ0n) is 12.2. The lowest BCUT2D eigenvalue weighted by Crippen LogP contribution is -2.32. The van der Waals surface area contributed by atoms with E-state index in [9.17, 15) is 4.79 Å². The van der Waals surface area contributed by atoms with Crippen LogP contribution < -0.4 is 5.32 Å². The van der Waals surface area contributed by atoms with Crippen molar-refractivity contribution in [1.82, 2.24) is 20.0 Å². The molecule has 110 valence electrons. The summed E-state index contributed by atoms with van der Waals surface area (Å²) in [6.07, 6.45) is 10.2. The van der Waals surface area contributed by atoms with E-state index in [1.165, 1.54) is 18.4 Å². The van der Waals surface area contributed by atoms with E-state index in [2.05, 4.69) is 15.3 Å². The minimum absolute atomic E-state index is 0.243. The minimum Gasteiger partial charge on any atom is -0.336 e. The van der Waals surface area contributed by atoms with Crippen LogP contribution in [0.15, 0.2) is 12.4 Å². The van der Waals surface area contributed by atoms with E-state index in [0.717, 1.165) is 32.4 Å². The lowest BCUT2D eigenvalue weighted by molar-refractivity contribution is -0.132. The first-order chi connectivity index (χ1) is 9.74. The molecular weight excluding hydrogens is 252 g/mol. The van der Waals surface area contributed by atoms with E-state index in [0.29, 0.717) is 18.4 Å². The van der Waals surface area contributed by atoms with E-state index < -0.39 is 0 Å². The first-order valence-corrected chi connectivity index (χ1v) is 7.75. The highest BCUT2D eigenvalue weighted by Crippen LogP contribution is 2.32. The Bertz CT molecular complexity index is 464. The van der Waals surface area contributed by atoms with Gasteiger partial charge in [0.25, 0.3) is 0 Å². The largest absolute Gasteiger partial charge is 0.336 e. The molecule has 0 aliphatic carbocycles. The normalized spacial score (nSPS) is 26.4. The minimum atomic E-state index is 0.243. The molecule has 2 atom stereocenters. The van der Waals surface area contributed by atoms with E-state index in [-0.39, 0.29) is 6.04 Å². The molecule has 2 unspecified atom stereocenters. The second-order valence-electron chi connectivity index (χ2n) is 6.02. The maximum atomic E-state index is 12.5. The fourth-order valence-electron chi connectivity index (χ4n) is 3.47. The molecule has 1 N–H and O–H groups in total. The van der Waals surface area contributed by atoms with Gasteiger partial charge in [0.05, 0.1) is 12.2 Å². The average Bonchev–Trinajstić information content (AvgIpc) is 3.16. The number of amides is 1. The van der Waals surface area contributed by atoms with Crippen molar-refractivity contribution in [1.29, 1.82) is 0 Å². The number of carbonyl (C=O) groups excluding carboxylic acids is 1. The quantitative estimate of drug-likeness (QED) is 0.909. The van der Waals surface area contributed by atoms with Crippen LogP contribution in [0.2, 0.25) is 0 Å². The molecule has 3 heterocycles. The van der Waals surface area contributed by atoms with Crippen molar-refractivity contribution in [3.8, 4) is 0 Å². The summed E-state index contributed by atoms with van der Waals surface area (Å²) in [5, 5.41) is 7.70. The van der Waals surface area contributed by atoms with Crippen LogP contribution in [-0.2, 0) is 11.8 Å². The van der Waals surface area contributed by atoms with Crippen LogP contribution in [0.5, 0.6) is 0 Å². The zero-order chi connectivity index (χ0) is 13.9. The Kier molecular flexibility index (Phi) is 4.05. The molecule has 2 saturated heterocycles. The molecule has 0 aromatic carbocycles. The van der Waals surface area contributed by atoms with E-state index in [1.807, 2.05) is 24.1 Å². The third-order valence-corrected chi connectivity index (χ3v) is 4.55. The predicted octanol–water partition coefficient (Wildman–Crippen LogP) is 1.62. The lowest BCUT2D eigenvalue weighted by atomic mass is 10.1. The topological polar surface area (TPSA) is 50.2 Å². The number of aromatic nitrogens is 2. The predicted molar refractivity (Wildman–Crippen MR) is 77.2 cm³/mol. The Labute approximate surface area is 120 Å². The number of nitrogens with zero attached hydrogens (tertiary/aromatic N) is 3. The van der Waals surface area contributed by atoms with Crippen LogP contribution in [0.4, 0.5) is 0 Å². The summed E-state index contributed by atoms with van der Waals surface area (Å²) in [6, 6.07) is 0.797. The maximum Gasteiger partial charge on any atom is 0.223 e. The molecule has 1 amide bonds. The number of hydrogen-bond acceptors (Lipinski definition) is 3. The number of carbonyl (C=O) groups is 1. The van der Waals surface area contributed by atoms with E-state index in [1.54, 1.807) is 0 Å². The van der Waals surface area contributed by atoms with E-state index >= 15 is 0 Å². The van der Waals surface area contributed by atoms with Gasteiger partial charge in [0.1, 0.15) is 0 Å². The molecule has 5 nitrogen and oxygen atoms in total. The Morgan fingerprint density at radius 2 is 2.35 bits per heavy atom. The van der Waals surface area contributed by atoms with Crippen LogP contribution in [0.25, 0.3) is 0 Å². The second-order valence-corrected chi connectivity index (χ2v) is 6.02. The summed E-state index contributed by atoms with van der Waals surface area (Å²) < 4.78 is 1.82. The van der Waals surface area contributed by atoms with Crippen molar-refractivity contribution in [3.05, 3.63) is 18.0 Å². The number of hydrogen-bond donors (Lipinski definition) is 1. The molecule has 1 aromatic rings.